The van der Waals surface area contributed by atoms with Gasteiger partial charge in [0.2, 0.25) is 5.91 Å². The Balaban J connectivity index is 1.57. The summed E-state index contributed by atoms with van der Waals surface area (Å²) < 4.78 is 16.0. The van der Waals surface area contributed by atoms with Gasteiger partial charge in [0.15, 0.2) is 17.3 Å². The maximum atomic E-state index is 12.6. The van der Waals surface area contributed by atoms with Crippen molar-refractivity contribution in [1.29, 1.82) is 0 Å². The number of amides is 1. The number of halogens is 1. The van der Waals surface area contributed by atoms with Crippen molar-refractivity contribution in [3.8, 4) is 23.0 Å². The zero-order chi connectivity index (χ0) is 19.7. The Morgan fingerprint density at radius 1 is 1.14 bits per heavy atom. The molecule has 2 aromatic carbocycles. The van der Waals surface area contributed by atoms with Crippen LogP contribution in [0.4, 0.5) is 5.69 Å². The van der Waals surface area contributed by atoms with Crippen molar-refractivity contribution >= 4 is 23.2 Å². The average molecular weight is 400 g/mol. The van der Waals surface area contributed by atoms with Crippen LogP contribution < -0.4 is 14.4 Å². The minimum atomic E-state index is -0.166. The van der Waals surface area contributed by atoms with E-state index in [1.165, 1.54) is 0 Å². The molecule has 1 saturated heterocycles. The first kappa shape index (κ1) is 18.3. The summed E-state index contributed by atoms with van der Waals surface area (Å²) in [5.41, 5.74) is 1.41. The Bertz CT molecular complexity index is 1020. The maximum absolute atomic E-state index is 12.6. The molecule has 0 bridgehead atoms. The highest BCUT2D eigenvalue weighted by Crippen LogP contribution is 2.36. The van der Waals surface area contributed by atoms with Crippen molar-refractivity contribution in [2.24, 2.45) is 0 Å². The summed E-state index contributed by atoms with van der Waals surface area (Å²) in [6, 6.07) is 12.6. The molecular weight excluding hydrogens is 382 g/mol. The van der Waals surface area contributed by atoms with Gasteiger partial charge in [-0.2, -0.15) is 4.98 Å². The van der Waals surface area contributed by atoms with Crippen LogP contribution in [0, 0.1) is 0 Å². The molecule has 0 spiro atoms. The van der Waals surface area contributed by atoms with Gasteiger partial charge in [-0.15, -0.1) is 0 Å². The second kappa shape index (κ2) is 7.52. The molecule has 0 N–H and O–H groups in total. The largest absolute Gasteiger partial charge is 0.493 e. The number of carbonyl (C=O) groups excluding carboxylic acids is 1. The van der Waals surface area contributed by atoms with Gasteiger partial charge >= 0.3 is 0 Å². The summed E-state index contributed by atoms with van der Waals surface area (Å²) in [6.07, 6.45) is 0.301. The smallest absolute Gasteiger partial charge is 0.259 e. The van der Waals surface area contributed by atoms with Crippen LogP contribution in [-0.4, -0.2) is 36.8 Å². The van der Waals surface area contributed by atoms with E-state index in [-0.39, 0.29) is 11.8 Å². The molecule has 1 amide bonds. The third-order valence-electron chi connectivity index (χ3n) is 4.71. The van der Waals surface area contributed by atoms with E-state index < -0.39 is 0 Å². The zero-order valence-electron chi connectivity index (χ0n) is 15.4. The molecule has 1 aliphatic rings. The zero-order valence-corrected chi connectivity index (χ0v) is 16.1. The van der Waals surface area contributed by atoms with E-state index in [0.717, 1.165) is 5.69 Å². The van der Waals surface area contributed by atoms with Gasteiger partial charge in [-0.25, -0.2) is 0 Å². The second-order valence-electron chi connectivity index (χ2n) is 6.38. The highest BCUT2D eigenvalue weighted by molar-refractivity contribution is 6.33. The van der Waals surface area contributed by atoms with Gasteiger partial charge in [0.25, 0.3) is 5.89 Å². The van der Waals surface area contributed by atoms with Crippen molar-refractivity contribution in [3.05, 3.63) is 53.3 Å². The van der Waals surface area contributed by atoms with E-state index in [9.17, 15) is 4.79 Å². The number of anilines is 1. The Labute approximate surface area is 166 Å². The summed E-state index contributed by atoms with van der Waals surface area (Å²) in [5, 5.41) is 4.61. The van der Waals surface area contributed by atoms with Gasteiger partial charge in [0, 0.05) is 30.6 Å². The van der Waals surface area contributed by atoms with Crippen LogP contribution in [0.15, 0.2) is 47.0 Å². The Morgan fingerprint density at radius 3 is 2.68 bits per heavy atom. The number of nitrogens with zero attached hydrogens (tertiary/aromatic N) is 3. The number of hydrogen-bond donors (Lipinski definition) is 0. The predicted molar refractivity (Wildman–Crippen MR) is 104 cm³/mol. The first-order chi connectivity index (χ1) is 13.6. The highest BCUT2D eigenvalue weighted by Gasteiger charge is 2.35. The summed E-state index contributed by atoms with van der Waals surface area (Å²) >= 11 is 6.20. The number of benzene rings is 2. The van der Waals surface area contributed by atoms with Crippen LogP contribution >= 0.6 is 11.6 Å². The van der Waals surface area contributed by atoms with E-state index >= 15 is 0 Å². The quantitative estimate of drug-likeness (QED) is 0.647. The van der Waals surface area contributed by atoms with Crippen LogP contribution in [0.1, 0.15) is 18.2 Å². The molecule has 1 fully saturated rings. The number of carbonyl (C=O) groups is 1. The second-order valence-corrected chi connectivity index (χ2v) is 6.79. The van der Waals surface area contributed by atoms with E-state index in [2.05, 4.69) is 10.1 Å². The van der Waals surface area contributed by atoms with Crippen molar-refractivity contribution in [1.82, 2.24) is 10.1 Å². The molecule has 8 heteroatoms. The lowest BCUT2D eigenvalue weighted by molar-refractivity contribution is -0.117. The van der Waals surface area contributed by atoms with Crippen molar-refractivity contribution in [2.45, 2.75) is 12.3 Å². The van der Waals surface area contributed by atoms with Crippen LogP contribution in [-0.2, 0) is 4.79 Å². The van der Waals surface area contributed by atoms with Crippen molar-refractivity contribution in [2.75, 3.05) is 25.7 Å². The molecular formula is C20H18ClN3O4. The molecule has 28 heavy (non-hydrogen) atoms. The summed E-state index contributed by atoms with van der Waals surface area (Å²) in [4.78, 5) is 18.7. The molecule has 1 aliphatic heterocycles. The van der Waals surface area contributed by atoms with E-state index in [4.69, 9.17) is 25.6 Å². The molecule has 1 aromatic heterocycles. The molecule has 3 aromatic rings. The highest BCUT2D eigenvalue weighted by atomic mass is 35.5. The molecule has 7 nitrogen and oxygen atoms in total. The Hall–Kier alpha value is -3.06. The Morgan fingerprint density at radius 2 is 1.93 bits per heavy atom. The van der Waals surface area contributed by atoms with Crippen LogP contribution in [0.3, 0.4) is 0 Å². The lowest BCUT2D eigenvalue weighted by Crippen LogP contribution is -2.24. The van der Waals surface area contributed by atoms with Gasteiger partial charge < -0.3 is 18.9 Å². The molecule has 144 valence electrons. The van der Waals surface area contributed by atoms with Gasteiger partial charge in [0.05, 0.1) is 24.8 Å². The van der Waals surface area contributed by atoms with Crippen LogP contribution in [0.5, 0.6) is 11.5 Å². The van der Waals surface area contributed by atoms with Crippen molar-refractivity contribution in [3.63, 3.8) is 0 Å². The number of aromatic nitrogens is 2. The Kier molecular flexibility index (Phi) is 4.92. The number of ether oxygens (including phenoxy) is 2. The summed E-state index contributed by atoms with van der Waals surface area (Å²) in [7, 11) is 3.13. The van der Waals surface area contributed by atoms with Gasteiger partial charge in [-0.1, -0.05) is 28.9 Å². The summed E-state index contributed by atoms with van der Waals surface area (Å²) in [5.74, 6) is 1.83. The standard InChI is InChI=1S/C20H18ClN3O4/c1-26-16-8-7-13(10-17(16)27-2)24-11-12(9-18(24)25)19-22-20(28-23-19)14-5-3-4-6-15(14)21/h3-8,10,12H,9,11H2,1-2H3. The topological polar surface area (TPSA) is 77.7 Å². The monoisotopic (exact) mass is 399 g/mol. The third-order valence-corrected chi connectivity index (χ3v) is 5.04. The number of methoxy groups -OCH3 is 2. The minimum Gasteiger partial charge on any atom is -0.493 e. The van der Waals surface area contributed by atoms with Gasteiger partial charge in [0.1, 0.15) is 0 Å². The molecule has 0 radical (unpaired) electrons. The fraction of sp³-hybridized carbons (Fsp3) is 0.250. The predicted octanol–water partition coefficient (Wildman–Crippen LogP) is 3.93. The first-order valence-electron chi connectivity index (χ1n) is 8.71. The lowest BCUT2D eigenvalue weighted by Gasteiger charge is -2.18. The van der Waals surface area contributed by atoms with Crippen LogP contribution in [0.25, 0.3) is 11.5 Å². The molecule has 0 saturated carbocycles. The summed E-state index contributed by atoms with van der Waals surface area (Å²) in [6.45, 7) is 0.454. The molecule has 4 rings (SSSR count). The fourth-order valence-electron chi connectivity index (χ4n) is 3.27. The number of hydrogen-bond acceptors (Lipinski definition) is 6. The maximum Gasteiger partial charge on any atom is 0.259 e. The minimum absolute atomic E-state index is 0.0127. The van der Waals surface area contributed by atoms with E-state index in [0.29, 0.717) is 46.8 Å². The van der Waals surface area contributed by atoms with Crippen molar-refractivity contribution < 1.29 is 18.8 Å². The first-order valence-corrected chi connectivity index (χ1v) is 9.09. The molecule has 1 atom stereocenters. The number of rotatable bonds is 5. The third kappa shape index (κ3) is 3.29. The molecule has 1 unspecified atom stereocenters. The van der Waals surface area contributed by atoms with E-state index in [1.54, 1.807) is 37.3 Å². The molecule has 0 aliphatic carbocycles. The normalized spacial score (nSPS) is 16.5. The fourth-order valence-corrected chi connectivity index (χ4v) is 3.48. The SMILES string of the molecule is COc1ccc(N2CC(c3noc(-c4ccccc4Cl)n3)CC2=O)cc1OC. The van der Waals surface area contributed by atoms with Crippen LogP contribution in [0.2, 0.25) is 5.02 Å². The average Bonchev–Trinajstić information content (AvgIpc) is 3.34. The van der Waals surface area contributed by atoms with Gasteiger partial charge in [-0.3, -0.25) is 4.79 Å². The molecule has 2 heterocycles. The van der Waals surface area contributed by atoms with E-state index in [1.807, 2.05) is 24.3 Å². The lowest BCUT2D eigenvalue weighted by atomic mass is 10.1. The van der Waals surface area contributed by atoms with Gasteiger partial charge in [-0.05, 0) is 24.3 Å².